The monoisotopic (exact) mass is 477 g/mol. The number of anilines is 1. The molecular formula is C26H27N3O6. The zero-order valence-electron chi connectivity index (χ0n) is 19.4. The molecule has 3 aromatic rings. The molecule has 9 nitrogen and oxygen atoms in total. The van der Waals surface area contributed by atoms with E-state index in [0.29, 0.717) is 46.2 Å². The smallest absolute Gasteiger partial charge is 0.330 e. The third-order valence-corrected chi connectivity index (χ3v) is 5.13. The van der Waals surface area contributed by atoms with Crippen molar-refractivity contribution in [2.45, 2.75) is 13.0 Å². The van der Waals surface area contributed by atoms with E-state index in [-0.39, 0.29) is 18.2 Å². The van der Waals surface area contributed by atoms with Crippen molar-refractivity contribution in [1.82, 2.24) is 0 Å². The van der Waals surface area contributed by atoms with Crippen LogP contribution in [0.1, 0.15) is 34.5 Å². The average molecular weight is 478 g/mol. The third-order valence-electron chi connectivity index (χ3n) is 5.13. The van der Waals surface area contributed by atoms with Crippen LogP contribution in [0.3, 0.4) is 0 Å². The molecule has 0 aliphatic rings. The molecule has 0 heterocycles. The normalized spacial score (nSPS) is 11.3. The van der Waals surface area contributed by atoms with Crippen LogP contribution in [0.5, 0.6) is 17.2 Å². The Morgan fingerprint density at radius 1 is 0.971 bits per heavy atom. The van der Waals surface area contributed by atoms with Crippen LogP contribution in [0.4, 0.5) is 5.69 Å². The van der Waals surface area contributed by atoms with Crippen LogP contribution in [0.15, 0.2) is 66.7 Å². The van der Waals surface area contributed by atoms with Crippen LogP contribution in [-0.4, -0.2) is 43.0 Å². The van der Waals surface area contributed by atoms with Crippen LogP contribution < -0.4 is 25.3 Å². The van der Waals surface area contributed by atoms with Gasteiger partial charge in [-0.1, -0.05) is 6.07 Å². The van der Waals surface area contributed by atoms with Gasteiger partial charge in [-0.3, -0.25) is 10.2 Å². The highest BCUT2D eigenvalue weighted by molar-refractivity contribution is 5.97. The maximum atomic E-state index is 12.5. The summed E-state index contributed by atoms with van der Waals surface area (Å²) in [5, 5.41) is 20.2. The highest BCUT2D eigenvalue weighted by atomic mass is 16.5. The number of rotatable bonds is 12. The molecule has 0 radical (unpaired) electrons. The number of carbonyl (C=O) groups excluding carboxylic acids is 1. The fourth-order valence-corrected chi connectivity index (χ4v) is 3.30. The van der Waals surface area contributed by atoms with E-state index < -0.39 is 12.0 Å². The second kappa shape index (κ2) is 11.6. The summed E-state index contributed by atoms with van der Waals surface area (Å²) in [5.74, 6) is -0.0912. The van der Waals surface area contributed by atoms with Crippen molar-refractivity contribution < 1.29 is 28.9 Å². The predicted octanol–water partition coefficient (Wildman–Crippen LogP) is 3.88. The van der Waals surface area contributed by atoms with Crippen molar-refractivity contribution >= 4 is 23.3 Å². The van der Waals surface area contributed by atoms with E-state index in [9.17, 15) is 14.7 Å². The number of carbonyl (C=O) groups is 2. The first kappa shape index (κ1) is 25.1. The maximum absolute atomic E-state index is 12.5. The zero-order valence-corrected chi connectivity index (χ0v) is 19.4. The molecule has 0 amide bonds. The van der Waals surface area contributed by atoms with Crippen LogP contribution in [0.25, 0.3) is 0 Å². The van der Waals surface area contributed by atoms with Gasteiger partial charge in [-0.05, 0) is 73.2 Å². The van der Waals surface area contributed by atoms with Gasteiger partial charge >= 0.3 is 5.97 Å². The number of Topliss-reactive ketones (excluding diaryl/α,β-unsaturated/α-hetero) is 1. The minimum atomic E-state index is -1.09. The molecular weight excluding hydrogens is 450 g/mol. The molecule has 3 aromatic carbocycles. The SMILES string of the molecule is CCOc1cc(C(Nc2ccc(C(=N)N)cc2)C(=O)O)ccc1OCC(=O)c1ccc(OC)cc1. The molecule has 0 spiro atoms. The van der Waals surface area contributed by atoms with Crippen molar-refractivity contribution in [1.29, 1.82) is 5.41 Å². The predicted molar refractivity (Wildman–Crippen MR) is 132 cm³/mol. The molecule has 0 saturated heterocycles. The molecule has 1 atom stereocenters. The Labute approximate surface area is 202 Å². The highest BCUT2D eigenvalue weighted by Crippen LogP contribution is 2.32. The third kappa shape index (κ3) is 6.50. The van der Waals surface area contributed by atoms with Gasteiger partial charge in [0.25, 0.3) is 0 Å². The first-order chi connectivity index (χ1) is 16.8. The van der Waals surface area contributed by atoms with Gasteiger partial charge in [0.2, 0.25) is 0 Å². The molecule has 9 heteroatoms. The molecule has 0 saturated carbocycles. The number of nitrogens with two attached hydrogens (primary N) is 1. The topological polar surface area (TPSA) is 144 Å². The molecule has 0 aromatic heterocycles. The van der Waals surface area contributed by atoms with E-state index in [1.54, 1.807) is 80.8 Å². The summed E-state index contributed by atoms with van der Waals surface area (Å²) >= 11 is 0. The van der Waals surface area contributed by atoms with Crippen LogP contribution in [-0.2, 0) is 4.79 Å². The van der Waals surface area contributed by atoms with E-state index in [1.165, 1.54) is 0 Å². The van der Waals surface area contributed by atoms with E-state index in [0.717, 1.165) is 0 Å². The number of ketones is 1. The molecule has 1 unspecified atom stereocenters. The molecule has 0 bridgehead atoms. The standard InChI is InChI=1S/C26H27N3O6/c1-3-34-23-14-18(24(26(31)32)29-19-9-4-17(5-10-19)25(27)28)8-13-22(23)35-15-21(30)16-6-11-20(33-2)12-7-16/h4-14,24,29H,3,15H2,1-2H3,(H3,27,28)(H,31,32). The van der Waals surface area contributed by atoms with Gasteiger partial charge in [0.05, 0.1) is 13.7 Å². The lowest BCUT2D eigenvalue weighted by Crippen LogP contribution is -2.21. The lowest BCUT2D eigenvalue weighted by Gasteiger charge is -2.19. The summed E-state index contributed by atoms with van der Waals surface area (Å²) in [6.07, 6.45) is 0. The molecule has 5 N–H and O–H groups in total. The van der Waals surface area contributed by atoms with Gasteiger partial charge in [0, 0.05) is 16.8 Å². The number of amidine groups is 1. The number of nitrogen functional groups attached to an aromatic ring is 1. The Bertz CT molecular complexity index is 1190. The van der Waals surface area contributed by atoms with Crippen molar-refractivity contribution in [3.8, 4) is 17.2 Å². The minimum absolute atomic E-state index is 0.0752. The number of carboxylic acids is 1. The number of benzene rings is 3. The molecule has 182 valence electrons. The molecule has 0 aliphatic carbocycles. The first-order valence-corrected chi connectivity index (χ1v) is 10.8. The summed E-state index contributed by atoms with van der Waals surface area (Å²) in [6, 6.07) is 16.9. The van der Waals surface area contributed by atoms with Crippen molar-refractivity contribution in [2.75, 3.05) is 25.6 Å². The summed E-state index contributed by atoms with van der Waals surface area (Å²) in [4.78, 5) is 24.5. The summed E-state index contributed by atoms with van der Waals surface area (Å²) in [6.45, 7) is 1.90. The quantitative estimate of drug-likeness (QED) is 0.175. The second-order valence-electron chi connectivity index (χ2n) is 7.49. The number of aliphatic carboxylic acids is 1. The molecule has 0 fully saturated rings. The van der Waals surface area contributed by atoms with Gasteiger partial charge in [0.15, 0.2) is 29.9 Å². The van der Waals surface area contributed by atoms with Crippen molar-refractivity contribution in [3.63, 3.8) is 0 Å². The Morgan fingerprint density at radius 2 is 1.63 bits per heavy atom. The Balaban J connectivity index is 1.77. The summed E-state index contributed by atoms with van der Waals surface area (Å²) < 4.78 is 16.5. The number of hydrogen-bond acceptors (Lipinski definition) is 7. The maximum Gasteiger partial charge on any atom is 0.330 e. The van der Waals surface area contributed by atoms with E-state index in [1.807, 2.05) is 0 Å². The summed E-state index contributed by atoms with van der Waals surface area (Å²) in [7, 11) is 1.55. The van der Waals surface area contributed by atoms with E-state index >= 15 is 0 Å². The van der Waals surface area contributed by atoms with Gasteiger partial charge in [-0.2, -0.15) is 0 Å². The van der Waals surface area contributed by atoms with Crippen molar-refractivity contribution in [2.24, 2.45) is 5.73 Å². The first-order valence-electron chi connectivity index (χ1n) is 10.8. The fraction of sp³-hybridized carbons (Fsp3) is 0.192. The molecule has 0 aliphatic heterocycles. The Kier molecular flexibility index (Phi) is 8.29. The zero-order chi connectivity index (χ0) is 25.4. The molecule has 35 heavy (non-hydrogen) atoms. The van der Waals surface area contributed by atoms with Crippen LogP contribution in [0.2, 0.25) is 0 Å². The number of hydrogen-bond donors (Lipinski definition) is 4. The number of methoxy groups -OCH3 is 1. The fourth-order valence-electron chi connectivity index (χ4n) is 3.30. The Hall–Kier alpha value is -4.53. The largest absolute Gasteiger partial charge is 0.497 e. The van der Waals surface area contributed by atoms with Crippen LogP contribution >= 0.6 is 0 Å². The number of ether oxygens (including phenoxy) is 3. The van der Waals surface area contributed by atoms with Crippen LogP contribution in [0, 0.1) is 5.41 Å². The lowest BCUT2D eigenvalue weighted by molar-refractivity contribution is -0.138. The van der Waals surface area contributed by atoms with Gasteiger partial charge < -0.3 is 30.4 Å². The minimum Gasteiger partial charge on any atom is -0.497 e. The van der Waals surface area contributed by atoms with E-state index in [2.05, 4.69) is 5.32 Å². The Morgan fingerprint density at radius 3 is 2.20 bits per heavy atom. The van der Waals surface area contributed by atoms with Gasteiger partial charge in [-0.25, -0.2) is 4.79 Å². The summed E-state index contributed by atoms with van der Waals surface area (Å²) in [5.41, 5.74) is 7.46. The van der Waals surface area contributed by atoms with Gasteiger partial charge in [-0.15, -0.1) is 0 Å². The van der Waals surface area contributed by atoms with Gasteiger partial charge in [0.1, 0.15) is 11.6 Å². The second-order valence-corrected chi connectivity index (χ2v) is 7.49. The van der Waals surface area contributed by atoms with E-state index in [4.69, 9.17) is 25.4 Å². The lowest BCUT2D eigenvalue weighted by atomic mass is 10.1. The molecule has 3 rings (SSSR count). The number of carboxylic acid groups (broad SMARTS) is 1. The number of nitrogens with one attached hydrogen (secondary N) is 2. The average Bonchev–Trinajstić information content (AvgIpc) is 2.86. The van der Waals surface area contributed by atoms with Crippen molar-refractivity contribution in [3.05, 3.63) is 83.4 Å². The highest BCUT2D eigenvalue weighted by Gasteiger charge is 2.22.